The Labute approximate surface area is 171 Å². The van der Waals surface area contributed by atoms with E-state index in [2.05, 4.69) is 9.97 Å². The molecule has 4 aromatic rings. The molecule has 0 saturated heterocycles. The fraction of sp³-hybridized carbons (Fsp3) is 0.0500. The van der Waals surface area contributed by atoms with Crippen molar-refractivity contribution >= 4 is 34.9 Å². The van der Waals surface area contributed by atoms with Gasteiger partial charge in [-0.15, -0.1) is 12.4 Å². The van der Waals surface area contributed by atoms with E-state index in [0.717, 1.165) is 6.07 Å². The third-order valence-electron chi connectivity index (χ3n) is 4.23. The highest BCUT2D eigenvalue weighted by Gasteiger charge is 2.21. The van der Waals surface area contributed by atoms with Crippen LogP contribution in [0, 0.1) is 5.82 Å². The molecule has 0 amide bonds. The third kappa shape index (κ3) is 3.49. The molecule has 0 saturated carbocycles. The van der Waals surface area contributed by atoms with Gasteiger partial charge in [-0.1, -0.05) is 29.8 Å². The monoisotopic (exact) mass is 416 g/mol. The lowest BCUT2D eigenvalue weighted by molar-refractivity contribution is 0.628. The van der Waals surface area contributed by atoms with Gasteiger partial charge in [0.15, 0.2) is 0 Å². The third-order valence-corrected chi connectivity index (χ3v) is 4.55. The highest BCUT2D eigenvalue weighted by Crippen LogP contribution is 2.25. The Balaban J connectivity index is 0.00000225. The van der Waals surface area contributed by atoms with Gasteiger partial charge < -0.3 is 5.73 Å². The van der Waals surface area contributed by atoms with Crippen molar-refractivity contribution < 1.29 is 4.39 Å². The minimum atomic E-state index is -0.773. The van der Waals surface area contributed by atoms with Gasteiger partial charge in [-0.3, -0.25) is 14.3 Å². The van der Waals surface area contributed by atoms with E-state index in [1.807, 2.05) is 0 Å². The van der Waals surface area contributed by atoms with Crippen LogP contribution in [-0.2, 0) is 0 Å². The summed E-state index contributed by atoms with van der Waals surface area (Å²) in [5.74, 6) is -0.250. The standard InChI is InChI=1S/C20H14ClFN4O.ClH/c21-14-5-1-2-7-17(14)26-19(18(23)16-6-3-4-10-24-16)25-15-9-8-12(22)11-13(15)20(26)27;/h1-11,18H,23H2;1H. The molecule has 0 bridgehead atoms. The number of rotatable bonds is 3. The Morgan fingerprint density at radius 3 is 2.54 bits per heavy atom. The first-order valence-electron chi connectivity index (χ1n) is 8.20. The number of nitrogens with two attached hydrogens (primary N) is 1. The zero-order chi connectivity index (χ0) is 19.0. The van der Waals surface area contributed by atoms with E-state index in [1.54, 1.807) is 48.7 Å². The molecule has 5 nitrogen and oxygen atoms in total. The minimum absolute atomic E-state index is 0. The average molecular weight is 417 g/mol. The predicted molar refractivity (Wildman–Crippen MR) is 110 cm³/mol. The molecule has 0 fully saturated rings. The molecule has 0 aliphatic carbocycles. The Morgan fingerprint density at radius 2 is 1.82 bits per heavy atom. The van der Waals surface area contributed by atoms with Gasteiger partial charge in [-0.05, 0) is 42.5 Å². The van der Waals surface area contributed by atoms with Crippen molar-refractivity contribution in [3.05, 3.63) is 99.6 Å². The molecule has 4 rings (SSSR count). The molecule has 0 aliphatic rings. The van der Waals surface area contributed by atoms with Gasteiger partial charge >= 0.3 is 0 Å². The molecular formula is C20H15Cl2FN4O. The van der Waals surface area contributed by atoms with Gasteiger partial charge in [0.1, 0.15) is 17.7 Å². The van der Waals surface area contributed by atoms with Gasteiger partial charge in [0.2, 0.25) is 0 Å². The second kappa shape index (κ2) is 8.06. The molecule has 28 heavy (non-hydrogen) atoms. The first-order chi connectivity index (χ1) is 13.1. The Hall–Kier alpha value is -2.80. The summed E-state index contributed by atoms with van der Waals surface area (Å²) in [6, 6.07) is 15.3. The molecule has 0 aliphatic heterocycles. The fourth-order valence-electron chi connectivity index (χ4n) is 2.94. The van der Waals surface area contributed by atoms with Gasteiger partial charge in [0, 0.05) is 6.20 Å². The predicted octanol–water partition coefficient (Wildman–Crippen LogP) is 4.04. The maximum Gasteiger partial charge on any atom is 0.266 e. The molecule has 0 spiro atoms. The molecule has 1 unspecified atom stereocenters. The lowest BCUT2D eigenvalue weighted by atomic mass is 10.1. The van der Waals surface area contributed by atoms with E-state index in [4.69, 9.17) is 17.3 Å². The minimum Gasteiger partial charge on any atom is -0.316 e. The van der Waals surface area contributed by atoms with Crippen LogP contribution in [-0.4, -0.2) is 14.5 Å². The Bertz CT molecular complexity index is 1200. The van der Waals surface area contributed by atoms with E-state index in [-0.39, 0.29) is 23.6 Å². The number of pyridine rings is 1. The van der Waals surface area contributed by atoms with Gasteiger partial charge in [0.25, 0.3) is 5.56 Å². The van der Waals surface area contributed by atoms with Crippen molar-refractivity contribution in [3.63, 3.8) is 0 Å². The van der Waals surface area contributed by atoms with E-state index < -0.39 is 17.4 Å². The van der Waals surface area contributed by atoms with Crippen LogP contribution < -0.4 is 11.3 Å². The van der Waals surface area contributed by atoms with Crippen LogP contribution >= 0.6 is 24.0 Å². The lowest BCUT2D eigenvalue weighted by Crippen LogP contribution is -2.29. The van der Waals surface area contributed by atoms with Crippen LogP contribution in [0.5, 0.6) is 0 Å². The number of benzene rings is 2. The summed E-state index contributed by atoms with van der Waals surface area (Å²) in [6.07, 6.45) is 1.61. The van der Waals surface area contributed by atoms with Crippen molar-refractivity contribution in [3.8, 4) is 5.69 Å². The highest BCUT2D eigenvalue weighted by molar-refractivity contribution is 6.32. The zero-order valence-corrected chi connectivity index (χ0v) is 16.0. The van der Waals surface area contributed by atoms with E-state index in [0.29, 0.717) is 21.9 Å². The number of aromatic nitrogens is 3. The quantitative estimate of drug-likeness (QED) is 0.546. The summed E-state index contributed by atoms with van der Waals surface area (Å²) in [7, 11) is 0. The van der Waals surface area contributed by atoms with Gasteiger partial charge in [-0.25, -0.2) is 9.37 Å². The molecule has 2 aromatic heterocycles. The summed E-state index contributed by atoms with van der Waals surface area (Å²) in [5, 5.41) is 0.499. The molecule has 0 radical (unpaired) electrons. The number of fused-ring (bicyclic) bond motifs is 1. The van der Waals surface area contributed by atoms with Crippen molar-refractivity contribution in [2.75, 3.05) is 0 Å². The molecular weight excluding hydrogens is 402 g/mol. The molecule has 142 valence electrons. The van der Waals surface area contributed by atoms with E-state index in [1.165, 1.54) is 16.7 Å². The number of para-hydroxylation sites is 1. The smallest absolute Gasteiger partial charge is 0.266 e. The van der Waals surface area contributed by atoms with Crippen LogP contribution in [0.25, 0.3) is 16.6 Å². The maximum atomic E-state index is 13.7. The Kier molecular flexibility index (Phi) is 5.74. The summed E-state index contributed by atoms with van der Waals surface area (Å²) in [6.45, 7) is 0. The van der Waals surface area contributed by atoms with Crippen LogP contribution in [0.4, 0.5) is 4.39 Å². The van der Waals surface area contributed by atoms with Crippen molar-refractivity contribution in [1.82, 2.24) is 14.5 Å². The first-order valence-corrected chi connectivity index (χ1v) is 8.57. The SMILES string of the molecule is Cl.NC(c1ccccn1)c1nc2ccc(F)cc2c(=O)n1-c1ccccc1Cl. The van der Waals surface area contributed by atoms with Crippen molar-refractivity contribution in [2.45, 2.75) is 6.04 Å². The topological polar surface area (TPSA) is 73.8 Å². The van der Waals surface area contributed by atoms with Crippen LogP contribution in [0.2, 0.25) is 5.02 Å². The fourth-order valence-corrected chi connectivity index (χ4v) is 3.16. The summed E-state index contributed by atoms with van der Waals surface area (Å²) in [5.41, 5.74) is 7.26. The van der Waals surface area contributed by atoms with Crippen LogP contribution in [0.1, 0.15) is 17.6 Å². The number of hydrogen-bond donors (Lipinski definition) is 1. The number of halogens is 3. The molecule has 8 heteroatoms. The molecule has 2 heterocycles. The average Bonchev–Trinajstić information content (AvgIpc) is 2.69. The normalized spacial score (nSPS) is 11.8. The maximum absolute atomic E-state index is 13.7. The summed E-state index contributed by atoms with van der Waals surface area (Å²) < 4.78 is 15.0. The molecule has 1 atom stereocenters. The molecule has 2 N–H and O–H groups in total. The van der Waals surface area contributed by atoms with E-state index >= 15 is 0 Å². The van der Waals surface area contributed by atoms with Crippen LogP contribution in [0.3, 0.4) is 0 Å². The van der Waals surface area contributed by atoms with Gasteiger partial charge in [0.05, 0.1) is 27.3 Å². The van der Waals surface area contributed by atoms with Crippen molar-refractivity contribution in [2.24, 2.45) is 5.73 Å². The van der Waals surface area contributed by atoms with Crippen LogP contribution in [0.15, 0.2) is 71.7 Å². The van der Waals surface area contributed by atoms with E-state index in [9.17, 15) is 9.18 Å². The lowest BCUT2D eigenvalue weighted by Gasteiger charge is -2.19. The second-order valence-electron chi connectivity index (χ2n) is 5.96. The summed E-state index contributed by atoms with van der Waals surface area (Å²) >= 11 is 6.32. The number of nitrogens with zero attached hydrogens (tertiary/aromatic N) is 3. The van der Waals surface area contributed by atoms with Crippen molar-refractivity contribution in [1.29, 1.82) is 0 Å². The zero-order valence-electron chi connectivity index (χ0n) is 14.4. The summed E-state index contributed by atoms with van der Waals surface area (Å²) in [4.78, 5) is 22.0. The highest BCUT2D eigenvalue weighted by atomic mass is 35.5. The molecule has 2 aromatic carbocycles. The van der Waals surface area contributed by atoms with Gasteiger partial charge in [-0.2, -0.15) is 0 Å². The second-order valence-corrected chi connectivity index (χ2v) is 6.36. The largest absolute Gasteiger partial charge is 0.316 e. The Morgan fingerprint density at radius 1 is 1.07 bits per heavy atom. The number of hydrogen-bond acceptors (Lipinski definition) is 4. The first kappa shape index (κ1) is 19.9.